The maximum Gasteiger partial charge on any atom is 0.258 e. The topological polar surface area (TPSA) is 38.3 Å². The lowest BCUT2D eigenvalue weighted by molar-refractivity contribution is -0.123. The van der Waals surface area contributed by atoms with E-state index in [0.29, 0.717) is 0 Å². The fraction of sp³-hybridized carbons (Fsp3) is 0.462. The number of hydrogen-bond acceptors (Lipinski definition) is 2. The second kappa shape index (κ2) is 6.05. The Morgan fingerprint density at radius 2 is 1.88 bits per heavy atom. The molecule has 0 heterocycles. The summed E-state index contributed by atoms with van der Waals surface area (Å²) in [5, 5.41) is 2.79. The van der Waals surface area contributed by atoms with Crippen molar-refractivity contribution >= 4 is 21.8 Å². The summed E-state index contributed by atoms with van der Waals surface area (Å²) >= 11 is 3.43. The van der Waals surface area contributed by atoms with E-state index in [2.05, 4.69) is 21.2 Å². The first kappa shape index (κ1) is 14.0. The summed E-state index contributed by atoms with van der Waals surface area (Å²) < 4.78 is 6.57. The second-order valence-corrected chi connectivity index (χ2v) is 5.30. The average molecular weight is 300 g/mol. The van der Waals surface area contributed by atoms with Crippen molar-refractivity contribution in [2.24, 2.45) is 0 Å². The molecule has 1 N–H and O–H groups in total. The van der Waals surface area contributed by atoms with Crippen LogP contribution >= 0.6 is 15.9 Å². The molecule has 0 spiro atoms. The molecule has 0 aliphatic heterocycles. The van der Waals surface area contributed by atoms with Crippen molar-refractivity contribution in [2.45, 2.75) is 33.7 Å². The molecule has 0 unspecified atom stereocenters. The van der Waals surface area contributed by atoms with E-state index in [0.717, 1.165) is 21.3 Å². The van der Waals surface area contributed by atoms with Crippen LogP contribution in [0.25, 0.3) is 0 Å². The summed E-state index contributed by atoms with van der Waals surface area (Å²) in [5.74, 6) is 0.689. The molecule has 0 atom stereocenters. The summed E-state index contributed by atoms with van der Waals surface area (Å²) in [6.45, 7) is 7.84. The molecule has 0 aliphatic rings. The molecule has 0 aromatic heterocycles. The van der Waals surface area contributed by atoms with E-state index in [-0.39, 0.29) is 18.6 Å². The van der Waals surface area contributed by atoms with Crippen molar-refractivity contribution in [3.63, 3.8) is 0 Å². The molecule has 3 nitrogen and oxygen atoms in total. The third-order valence-corrected chi connectivity index (χ3v) is 2.68. The Morgan fingerprint density at radius 3 is 2.35 bits per heavy atom. The van der Waals surface area contributed by atoms with Crippen molar-refractivity contribution in [2.75, 3.05) is 6.61 Å². The van der Waals surface area contributed by atoms with Crippen molar-refractivity contribution in [3.05, 3.63) is 27.7 Å². The maximum absolute atomic E-state index is 11.5. The van der Waals surface area contributed by atoms with E-state index in [4.69, 9.17) is 4.74 Å². The summed E-state index contributed by atoms with van der Waals surface area (Å²) in [7, 11) is 0. The Hall–Kier alpha value is -1.03. The highest BCUT2D eigenvalue weighted by atomic mass is 79.9. The zero-order chi connectivity index (χ0) is 13.0. The van der Waals surface area contributed by atoms with E-state index >= 15 is 0 Å². The molecule has 0 aliphatic carbocycles. The minimum atomic E-state index is -0.0956. The largest absolute Gasteiger partial charge is 0.483 e. The van der Waals surface area contributed by atoms with Crippen LogP contribution in [0.1, 0.15) is 25.0 Å². The van der Waals surface area contributed by atoms with Crippen molar-refractivity contribution in [1.29, 1.82) is 0 Å². The van der Waals surface area contributed by atoms with E-state index in [1.54, 1.807) is 0 Å². The van der Waals surface area contributed by atoms with Gasteiger partial charge >= 0.3 is 0 Å². The van der Waals surface area contributed by atoms with Gasteiger partial charge in [0.15, 0.2) is 6.61 Å². The quantitative estimate of drug-likeness (QED) is 0.928. The van der Waals surface area contributed by atoms with Crippen LogP contribution in [0, 0.1) is 13.8 Å². The van der Waals surface area contributed by atoms with Crippen LogP contribution in [-0.4, -0.2) is 18.6 Å². The van der Waals surface area contributed by atoms with Crippen LogP contribution in [0.5, 0.6) is 5.75 Å². The highest BCUT2D eigenvalue weighted by Gasteiger charge is 2.09. The van der Waals surface area contributed by atoms with Crippen molar-refractivity contribution in [1.82, 2.24) is 5.32 Å². The Kier molecular flexibility index (Phi) is 5.00. The number of nitrogens with one attached hydrogen (secondary N) is 1. The van der Waals surface area contributed by atoms with Gasteiger partial charge in [0.2, 0.25) is 0 Å². The van der Waals surface area contributed by atoms with Gasteiger partial charge in [-0.25, -0.2) is 0 Å². The van der Waals surface area contributed by atoms with Gasteiger partial charge in [-0.1, -0.05) is 15.9 Å². The van der Waals surface area contributed by atoms with Crippen LogP contribution in [0.15, 0.2) is 16.6 Å². The highest BCUT2D eigenvalue weighted by molar-refractivity contribution is 9.10. The first-order valence-corrected chi connectivity index (χ1v) is 6.38. The SMILES string of the molecule is Cc1cc(Br)cc(C)c1OCC(=O)NC(C)C. The third-order valence-electron chi connectivity index (χ3n) is 2.22. The number of ether oxygens (including phenoxy) is 1. The van der Waals surface area contributed by atoms with Crippen molar-refractivity contribution in [3.8, 4) is 5.75 Å². The van der Waals surface area contributed by atoms with Gasteiger partial charge in [0.05, 0.1) is 0 Å². The smallest absolute Gasteiger partial charge is 0.258 e. The standard InChI is InChI=1S/C13H18BrNO2/c1-8(2)15-12(16)7-17-13-9(3)5-11(14)6-10(13)4/h5-6,8H,7H2,1-4H3,(H,15,16). The van der Waals surface area contributed by atoms with Crippen LogP contribution in [0.4, 0.5) is 0 Å². The molecule has 0 saturated heterocycles. The molecule has 94 valence electrons. The van der Waals surface area contributed by atoms with Crippen LogP contribution in [0.2, 0.25) is 0 Å². The molecule has 1 rings (SSSR count). The third kappa shape index (κ3) is 4.38. The number of rotatable bonds is 4. The van der Waals surface area contributed by atoms with Gasteiger partial charge in [0.1, 0.15) is 5.75 Å². The Morgan fingerprint density at radius 1 is 1.35 bits per heavy atom. The van der Waals surface area contributed by atoms with Gasteiger partial charge in [-0.15, -0.1) is 0 Å². The normalized spacial score (nSPS) is 10.5. The van der Waals surface area contributed by atoms with Crippen LogP contribution in [-0.2, 0) is 4.79 Å². The lowest BCUT2D eigenvalue weighted by Crippen LogP contribution is -2.34. The molecule has 0 fully saturated rings. The number of halogens is 1. The Labute approximate surface area is 111 Å². The zero-order valence-corrected chi connectivity index (χ0v) is 12.2. The Balaban J connectivity index is 2.67. The van der Waals surface area contributed by atoms with E-state index in [1.165, 1.54) is 0 Å². The number of carbonyl (C=O) groups is 1. The summed E-state index contributed by atoms with van der Waals surface area (Å²) in [5.41, 5.74) is 2.04. The minimum absolute atomic E-state index is 0.0570. The number of benzene rings is 1. The molecule has 4 heteroatoms. The average Bonchev–Trinajstić information content (AvgIpc) is 2.14. The second-order valence-electron chi connectivity index (χ2n) is 4.38. The van der Waals surface area contributed by atoms with Gasteiger partial charge < -0.3 is 10.1 Å². The molecular weight excluding hydrogens is 282 g/mol. The lowest BCUT2D eigenvalue weighted by atomic mass is 10.1. The minimum Gasteiger partial charge on any atom is -0.483 e. The van der Waals surface area contributed by atoms with Gasteiger partial charge in [0.25, 0.3) is 5.91 Å². The summed E-state index contributed by atoms with van der Waals surface area (Å²) in [6, 6.07) is 4.09. The fourth-order valence-corrected chi connectivity index (χ4v) is 2.31. The lowest BCUT2D eigenvalue weighted by Gasteiger charge is -2.13. The molecular formula is C13H18BrNO2. The number of aryl methyl sites for hydroxylation is 2. The first-order chi connectivity index (χ1) is 7.90. The fourth-order valence-electron chi connectivity index (χ4n) is 1.63. The van der Waals surface area contributed by atoms with Gasteiger partial charge in [0, 0.05) is 10.5 Å². The van der Waals surface area contributed by atoms with Crippen molar-refractivity contribution < 1.29 is 9.53 Å². The Bertz CT molecular complexity index is 393. The van der Waals surface area contributed by atoms with E-state index < -0.39 is 0 Å². The summed E-state index contributed by atoms with van der Waals surface area (Å²) in [6.07, 6.45) is 0. The first-order valence-electron chi connectivity index (χ1n) is 5.59. The van der Waals surface area contributed by atoms with Crippen LogP contribution in [0.3, 0.4) is 0 Å². The molecule has 0 saturated carbocycles. The van der Waals surface area contributed by atoms with Crippen LogP contribution < -0.4 is 10.1 Å². The van der Waals surface area contributed by atoms with Gasteiger partial charge in [-0.2, -0.15) is 0 Å². The molecule has 1 amide bonds. The zero-order valence-electron chi connectivity index (χ0n) is 10.6. The molecule has 17 heavy (non-hydrogen) atoms. The van der Waals surface area contributed by atoms with E-state index in [9.17, 15) is 4.79 Å². The van der Waals surface area contributed by atoms with Gasteiger partial charge in [-0.3, -0.25) is 4.79 Å². The predicted octanol–water partition coefficient (Wildman–Crippen LogP) is 2.97. The van der Waals surface area contributed by atoms with Gasteiger partial charge in [-0.05, 0) is 51.0 Å². The number of amides is 1. The monoisotopic (exact) mass is 299 g/mol. The molecule has 0 bridgehead atoms. The number of hydrogen-bond donors (Lipinski definition) is 1. The maximum atomic E-state index is 11.5. The number of carbonyl (C=O) groups excluding carboxylic acids is 1. The predicted molar refractivity (Wildman–Crippen MR) is 72.4 cm³/mol. The molecule has 1 aromatic rings. The molecule has 1 aromatic carbocycles. The van der Waals surface area contributed by atoms with E-state index in [1.807, 2.05) is 39.8 Å². The summed E-state index contributed by atoms with van der Waals surface area (Å²) in [4.78, 5) is 11.5. The molecule has 0 radical (unpaired) electrons. The highest BCUT2D eigenvalue weighted by Crippen LogP contribution is 2.27.